The molecule has 11 heteroatoms. The van der Waals surface area contributed by atoms with Crippen LogP contribution in [0.4, 0.5) is 21.7 Å². The standard InChI is InChI=1S/C19H23FN8O2/c1-9(21)15(8-30-4)25-18-14(20)6-13(16(22)29)17(26-18)24-11-5-12-10(2)27-28(3)19(12)23-7-11/h5-7,15,21H,8H2,1-4H3,(H2,22,29)(H2,24,25,26)/t15-/m1/s1. The number of aryl methyl sites for hydroxylation is 2. The number of pyridine rings is 2. The van der Waals surface area contributed by atoms with Gasteiger partial charge in [-0.3, -0.25) is 9.48 Å². The molecule has 0 fully saturated rings. The molecule has 5 N–H and O–H groups in total. The highest BCUT2D eigenvalue weighted by Gasteiger charge is 2.20. The molecule has 0 aromatic carbocycles. The third-order valence-corrected chi connectivity index (χ3v) is 4.53. The van der Waals surface area contributed by atoms with Gasteiger partial charge in [0.1, 0.15) is 5.82 Å². The van der Waals surface area contributed by atoms with E-state index in [1.165, 1.54) is 7.11 Å². The topological polar surface area (TPSA) is 144 Å². The van der Waals surface area contributed by atoms with E-state index >= 15 is 0 Å². The summed E-state index contributed by atoms with van der Waals surface area (Å²) in [4.78, 5) is 20.4. The van der Waals surface area contributed by atoms with E-state index in [9.17, 15) is 9.18 Å². The normalized spacial score (nSPS) is 12.0. The molecule has 0 saturated carbocycles. The minimum Gasteiger partial charge on any atom is -0.382 e. The Bertz CT molecular complexity index is 1130. The van der Waals surface area contributed by atoms with Crippen LogP contribution in [0.15, 0.2) is 18.3 Å². The second-order valence-corrected chi connectivity index (χ2v) is 6.84. The molecule has 0 spiro atoms. The number of hydrogen-bond acceptors (Lipinski definition) is 8. The van der Waals surface area contributed by atoms with Crippen LogP contribution in [-0.4, -0.2) is 51.1 Å². The number of primary amides is 1. The smallest absolute Gasteiger partial charge is 0.252 e. The van der Waals surface area contributed by atoms with Crippen molar-refractivity contribution in [2.75, 3.05) is 24.4 Å². The number of methoxy groups -OCH3 is 1. The summed E-state index contributed by atoms with van der Waals surface area (Å²) >= 11 is 0. The maximum absolute atomic E-state index is 14.6. The van der Waals surface area contributed by atoms with Crippen LogP contribution >= 0.6 is 0 Å². The second-order valence-electron chi connectivity index (χ2n) is 6.84. The summed E-state index contributed by atoms with van der Waals surface area (Å²) in [5.41, 5.74) is 7.56. The average Bonchev–Trinajstić information content (AvgIpc) is 2.96. The highest BCUT2D eigenvalue weighted by atomic mass is 19.1. The van der Waals surface area contributed by atoms with Gasteiger partial charge >= 0.3 is 0 Å². The summed E-state index contributed by atoms with van der Waals surface area (Å²) < 4.78 is 21.3. The molecule has 3 rings (SSSR count). The minimum absolute atomic E-state index is 0.0629. The van der Waals surface area contributed by atoms with Gasteiger partial charge in [0.15, 0.2) is 17.3 Å². The van der Waals surface area contributed by atoms with Crippen LogP contribution in [0.2, 0.25) is 0 Å². The monoisotopic (exact) mass is 414 g/mol. The largest absolute Gasteiger partial charge is 0.382 e. The lowest BCUT2D eigenvalue weighted by atomic mass is 10.2. The molecular weight excluding hydrogens is 391 g/mol. The predicted molar refractivity (Wildman–Crippen MR) is 112 cm³/mol. The van der Waals surface area contributed by atoms with Crippen LogP contribution in [0.1, 0.15) is 23.0 Å². The Labute approximate surface area is 172 Å². The van der Waals surface area contributed by atoms with Gasteiger partial charge in [0.25, 0.3) is 5.91 Å². The predicted octanol–water partition coefficient (Wildman–Crippen LogP) is 2.12. The molecule has 10 nitrogen and oxygen atoms in total. The quantitative estimate of drug-likeness (QED) is 0.413. The highest BCUT2D eigenvalue weighted by Crippen LogP contribution is 2.26. The number of carbonyl (C=O) groups excluding carboxylic acids is 1. The van der Waals surface area contributed by atoms with E-state index in [1.54, 1.807) is 24.9 Å². The molecule has 0 unspecified atom stereocenters. The first-order chi connectivity index (χ1) is 14.2. The molecule has 0 radical (unpaired) electrons. The Hall–Kier alpha value is -3.60. The number of carbonyl (C=O) groups is 1. The number of anilines is 3. The highest BCUT2D eigenvalue weighted by molar-refractivity contribution is 5.99. The van der Waals surface area contributed by atoms with Gasteiger partial charge in [-0.2, -0.15) is 5.10 Å². The third kappa shape index (κ3) is 4.20. The molecule has 0 aliphatic carbocycles. The van der Waals surface area contributed by atoms with Crippen LogP contribution in [0, 0.1) is 18.2 Å². The fraction of sp³-hybridized carbons (Fsp3) is 0.316. The first kappa shape index (κ1) is 21.1. The number of fused-ring (bicyclic) bond motifs is 1. The number of nitrogens with zero attached hydrogens (tertiary/aromatic N) is 4. The number of halogens is 1. The van der Waals surface area contributed by atoms with Crippen LogP contribution < -0.4 is 16.4 Å². The van der Waals surface area contributed by atoms with Gasteiger partial charge in [0.05, 0.1) is 35.8 Å². The Kier molecular flexibility index (Phi) is 5.92. The van der Waals surface area contributed by atoms with E-state index in [0.717, 1.165) is 17.1 Å². The van der Waals surface area contributed by atoms with Crippen molar-refractivity contribution in [1.29, 1.82) is 5.41 Å². The van der Waals surface area contributed by atoms with Crippen molar-refractivity contribution in [3.05, 3.63) is 35.4 Å². The summed E-state index contributed by atoms with van der Waals surface area (Å²) in [6, 6.07) is 2.23. The van der Waals surface area contributed by atoms with E-state index in [2.05, 4.69) is 25.7 Å². The maximum atomic E-state index is 14.6. The van der Waals surface area contributed by atoms with Gasteiger partial charge in [0, 0.05) is 25.3 Å². The zero-order valence-corrected chi connectivity index (χ0v) is 17.1. The van der Waals surface area contributed by atoms with Crippen molar-refractivity contribution in [3.63, 3.8) is 0 Å². The molecule has 158 valence electrons. The molecular formula is C19H23FN8O2. The van der Waals surface area contributed by atoms with Crippen molar-refractivity contribution < 1.29 is 13.9 Å². The first-order valence-electron chi connectivity index (χ1n) is 9.08. The van der Waals surface area contributed by atoms with Crippen molar-refractivity contribution in [2.24, 2.45) is 12.8 Å². The zero-order chi connectivity index (χ0) is 22.0. The summed E-state index contributed by atoms with van der Waals surface area (Å²) in [6.07, 6.45) is 1.56. The molecule has 1 atom stereocenters. The number of rotatable bonds is 8. The van der Waals surface area contributed by atoms with Crippen LogP contribution in [0.5, 0.6) is 0 Å². The number of amides is 1. The van der Waals surface area contributed by atoms with Gasteiger partial charge < -0.3 is 26.5 Å². The van der Waals surface area contributed by atoms with Crippen molar-refractivity contribution in [1.82, 2.24) is 19.7 Å². The summed E-state index contributed by atoms with van der Waals surface area (Å²) in [5, 5.41) is 18.8. The summed E-state index contributed by atoms with van der Waals surface area (Å²) in [7, 11) is 3.27. The lowest BCUT2D eigenvalue weighted by Gasteiger charge is -2.19. The first-order valence-corrected chi connectivity index (χ1v) is 9.08. The number of nitrogens with two attached hydrogens (primary N) is 1. The molecule has 1 amide bonds. The lowest BCUT2D eigenvalue weighted by molar-refractivity contribution is 0.100. The van der Waals surface area contributed by atoms with Crippen LogP contribution in [0.3, 0.4) is 0 Å². The Balaban J connectivity index is 2.01. The second kappa shape index (κ2) is 8.41. The number of aromatic nitrogens is 4. The van der Waals surface area contributed by atoms with Gasteiger partial charge in [-0.15, -0.1) is 0 Å². The molecule has 0 saturated heterocycles. The fourth-order valence-corrected chi connectivity index (χ4v) is 2.99. The molecule has 30 heavy (non-hydrogen) atoms. The molecule has 3 aromatic rings. The number of hydrogen-bond donors (Lipinski definition) is 4. The van der Waals surface area contributed by atoms with Crippen molar-refractivity contribution >= 4 is 40.0 Å². The summed E-state index contributed by atoms with van der Waals surface area (Å²) in [6.45, 7) is 3.58. The van der Waals surface area contributed by atoms with Gasteiger partial charge in [-0.25, -0.2) is 14.4 Å². The van der Waals surface area contributed by atoms with E-state index in [-0.39, 0.29) is 29.5 Å². The van der Waals surface area contributed by atoms with Crippen molar-refractivity contribution in [2.45, 2.75) is 19.9 Å². The van der Waals surface area contributed by atoms with E-state index in [0.29, 0.717) is 11.3 Å². The van der Waals surface area contributed by atoms with Gasteiger partial charge in [0.2, 0.25) is 0 Å². The fourth-order valence-electron chi connectivity index (χ4n) is 2.99. The van der Waals surface area contributed by atoms with E-state index < -0.39 is 17.8 Å². The molecule has 3 aromatic heterocycles. The number of nitrogens with one attached hydrogen (secondary N) is 3. The van der Waals surface area contributed by atoms with E-state index in [4.69, 9.17) is 15.9 Å². The molecule has 3 heterocycles. The Morgan fingerprint density at radius 1 is 1.40 bits per heavy atom. The molecule has 0 bridgehead atoms. The SMILES string of the molecule is COC[C@@H](Nc1nc(Nc2cnc3c(c2)c(C)nn3C)c(C(N)=O)cc1F)C(C)=N. The van der Waals surface area contributed by atoms with Crippen molar-refractivity contribution in [3.8, 4) is 0 Å². The summed E-state index contributed by atoms with van der Waals surface area (Å²) in [5.74, 6) is -1.68. The lowest BCUT2D eigenvalue weighted by Crippen LogP contribution is -2.32. The van der Waals surface area contributed by atoms with Crippen LogP contribution in [0.25, 0.3) is 11.0 Å². The Morgan fingerprint density at radius 3 is 2.77 bits per heavy atom. The van der Waals surface area contributed by atoms with Crippen LogP contribution in [-0.2, 0) is 11.8 Å². The minimum atomic E-state index is -0.835. The number of ether oxygens (including phenoxy) is 1. The van der Waals surface area contributed by atoms with E-state index in [1.807, 2.05) is 13.0 Å². The Morgan fingerprint density at radius 2 is 2.13 bits per heavy atom. The van der Waals surface area contributed by atoms with Gasteiger partial charge in [-0.1, -0.05) is 0 Å². The van der Waals surface area contributed by atoms with Gasteiger partial charge in [-0.05, 0) is 26.0 Å². The third-order valence-electron chi connectivity index (χ3n) is 4.53. The molecule has 0 aliphatic rings. The molecule has 0 aliphatic heterocycles. The average molecular weight is 414 g/mol. The zero-order valence-electron chi connectivity index (χ0n) is 17.1. The maximum Gasteiger partial charge on any atom is 0.252 e.